The summed E-state index contributed by atoms with van der Waals surface area (Å²) in [5.41, 5.74) is 0.341. The predicted molar refractivity (Wildman–Crippen MR) is 42.5 cm³/mol. The molecular weight excluding hydrogens is 186 g/mol. The quantitative estimate of drug-likeness (QED) is 0.627. The minimum atomic E-state index is -1.20. The number of hydrogen-bond acceptors (Lipinski definition) is 1. The van der Waals surface area contributed by atoms with Gasteiger partial charge in [0.2, 0.25) is 0 Å². The first-order valence-corrected chi connectivity index (χ1v) is 3.67. The molecule has 1 aromatic carbocycles. The third kappa shape index (κ3) is 1.14. The van der Waals surface area contributed by atoms with Gasteiger partial charge in [0.05, 0.1) is 0 Å². The van der Waals surface area contributed by atoms with E-state index in [2.05, 4.69) is 0 Å². The summed E-state index contributed by atoms with van der Waals surface area (Å²) in [6.07, 6.45) is 0. The Labute approximate surface area is 73.6 Å². The lowest BCUT2D eigenvalue weighted by molar-refractivity contribution is 0.448. The molecule has 66 valence electrons. The highest BCUT2D eigenvalue weighted by Gasteiger charge is 2.17. The van der Waals surface area contributed by atoms with Gasteiger partial charge in [-0.15, -0.1) is 0 Å². The van der Waals surface area contributed by atoms with E-state index in [1.54, 1.807) is 0 Å². The Morgan fingerprint density at radius 1 is 1.08 bits per heavy atom. The maximum Gasteiger partial charge on any atom is 0.181 e. The number of phenols is 1. The molecule has 0 amide bonds. The number of hydrogen-bond donors (Lipinski definition) is 1. The van der Waals surface area contributed by atoms with Gasteiger partial charge in [-0.2, -0.15) is 0 Å². The minimum absolute atomic E-state index is 0.0781. The van der Waals surface area contributed by atoms with Crippen LogP contribution >= 0.6 is 11.6 Å². The van der Waals surface area contributed by atoms with Crippen LogP contribution in [0.5, 0.6) is 5.75 Å². The summed E-state index contributed by atoms with van der Waals surface area (Å²) in [7, 11) is 0. The molecule has 1 nitrogen and oxygen atoms in total. The molecule has 1 N–H and O–H groups in total. The summed E-state index contributed by atoms with van der Waals surface area (Å²) in [6.45, 7) is 2.85. The molecule has 12 heavy (non-hydrogen) atoms. The number of aromatic hydroxyl groups is 1. The first-order chi connectivity index (χ1) is 5.46. The first-order valence-electron chi connectivity index (χ1n) is 3.29. The molecular formula is C8H7ClF2O. The van der Waals surface area contributed by atoms with Crippen molar-refractivity contribution >= 4 is 11.6 Å². The van der Waals surface area contributed by atoms with E-state index >= 15 is 0 Å². The van der Waals surface area contributed by atoms with Crippen LogP contribution in [-0.4, -0.2) is 5.11 Å². The lowest BCUT2D eigenvalue weighted by Crippen LogP contribution is -1.94. The highest BCUT2D eigenvalue weighted by Crippen LogP contribution is 2.33. The van der Waals surface area contributed by atoms with Crippen LogP contribution in [0.2, 0.25) is 5.02 Å². The molecule has 0 aliphatic carbocycles. The topological polar surface area (TPSA) is 20.2 Å². The maximum atomic E-state index is 12.9. The minimum Gasteiger partial charge on any atom is -0.506 e. The monoisotopic (exact) mass is 192 g/mol. The lowest BCUT2D eigenvalue weighted by atomic mass is 10.1. The summed E-state index contributed by atoms with van der Waals surface area (Å²) in [5, 5.41) is 8.59. The molecule has 0 aliphatic heterocycles. The van der Waals surface area contributed by atoms with Gasteiger partial charge in [0.1, 0.15) is 10.8 Å². The Balaban J connectivity index is 3.60. The Morgan fingerprint density at radius 3 is 2.08 bits per heavy atom. The average Bonchev–Trinajstić information content (AvgIpc) is 2.08. The van der Waals surface area contributed by atoms with E-state index in [0.717, 1.165) is 0 Å². The number of benzene rings is 1. The molecule has 0 atom stereocenters. The summed E-state index contributed by atoms with van der Waals surface area (Å²) in [5.74, 6) is -2.60. The molecule has 0 radical (unpaired) electrons. The number of phenolic OH excluding ortho intramolecular Hbond substituents is 1. The second-order valence-corrected chi connectivity index (χ2v) is 2.92. The van der Waals surface area contributed by atoms with Gasteiger partial charge in [0, 0.05) is 0 Å². The van der Waals surface area contributed by atoms with Crippen LogP contribution < -0.4 is 0 Å². The zero-order valence-electron chi connectivity index (χ0n) is 6.58. The Hall–Kier alpha value is -0.830. The van der Waals surface area contributed by atoms with Gasteiger partial charge in [-0.25, -0.2) is 8.78 Å². The molecule has 0 aliphatic rings. The van der Waals surface area contributed by atoms with E-state index in [1.807, 2.05) is 0 Å². The molecule has 0 spiro atoms. The molecule has 0 saturated carbocycles. The third-order valence-corrected chi connectivity index (χ3v) is 2.19. The molecule has 0 unspecified atom stereocenters. The van der Waals surface area contributed by atoms with Crippen molar-refractivity contribution < 1.29 is 13.9 Å². The molecule has 0 saturated heterocycles. The van der Waals surface area contributed by atoms with Crippen LogP contribution in [0.25, 0.3) is 0 Å². The highest BCUT2D eigenvalue weighted by molar-refractivity contribution is 6.32. The molecule has 1 rings (SSSR count). The van der Waals surface area contributed by atoms with E-state index in [1.165, 1.54) is 13.8 Å². The van der Waals surface area contributed by atoms with Crippen LogP contribution in [0.1, 0.15) is 11.1 Å². The third-order valence-electron chi connectivity index (χ3n) is 1.84. The van der Waals surface area contributed by atoms with E-state index < -0.39 is 22.4 Å². The fraction of sp³-hybridized carbons (Fsp3) is 0.250. The zero-order valence-corrected chi connectivity index (χ0v) is 7.34. The van der Waals surface area contributed by atoms with Crippen molar-refractivity contribution in [3.8, 4) is 5.75 Å². The van der Waals surface area contributed by atoms with Crippen LogP contribution in [0.15, 0.2) is 0 Å². The molecule has 0 aromatic heterocycles. The zero-order chi connectivity index (χ0) is 9.46. The van der Waals surface area contributed by atoms with Gasteiger partial charge in [0.25, 0.3) is 0 Å². The van der Waals surface area contributed by atoms with E-state index in [0.29, 0.717) is 0 Å². The summed E-state index contributed by atoms with van der Waals surface area (Å²) >= 11 is 5.30. The van der Waals surface area contributed by atoms with Gasteiger partial charge in [-0.3, -0.25) is 0 Å². The van der Waals surface area contributed by atoms with Crippen molar-refractivity contribution in [3.63, 3.8) is 0 Å². The van der Waals surface area contributed by atoms with Crippen LogP contribution in [0, 0.1) is 25.5 Å². The summed E-state index contributed by atoms with van der Waals surface area (Å²) in [4.78, 5) is 0. The normalized spacial score (nSPS) is 10.4. The van der Waals surface area contributed by atoms with E-state index in [4.69, 9.17) is 16.7 Å². The molecule has 0 bridgehead atoms. The molecule has 0 fully saturated rings. The molecule has 1 aromatic rings. The fourth-order valence-corrected chi connectivity index (χ4v) is 1.10. The fourth-order valence-electron chi connectivity index (χ4n) is 0.872. The second-order valence-electron chi connectivity index (χ2n) is 2.54. The van der Waals surface area contributed by atoms with Crippen LogP contribution in [-0.2, 0) is 0 Å². The Kier molecular flexibility index (Phi) is 2.24. The number of halogens is 3. The highest BCUT2D eigenvalue weighted by atomic mass is 35.5. The predicted octanol–water partition coefficient (Wildman–Crippen LogP) is 2.94. The van der Waals surface area contributed by atoms with Crippen molar-refractivity contribution in [1.82, 2.24) is 0 Å². The van der Waals surface area contributed by atoms with Gasteiger partial charge in [0.15, 0.2) is 11.6 Å². The van der Waals surface area contributed by atoms with Crippen LogP contribution in [0.3, 0.4) is 0 Å². The van der Waals surface area contributed by atoms with E-state index in [9.17, 15) is 8.78 Å². The summed E-state index contributed by atoms with van der Waals surface area (Å²) in [6, 6.07) is 0. The summed E-state index contributed by atoms with van der Waals surface area (Å²) < 4.78 is 25.6. The van der Waals surface area contributed by atoms with Crippen molar-refractivity contribution in [3.05, 3.63) is 27.8 Å². The van der Waals surface area contributed by atoms with Gasteiger partial charge < -0.3 is 5.11 Å². The van der Waals surface area contributed by atoms with Crippen molar-refractivity contribution in [2.24, 2.45) is 0 Å². The van der Waals surface area contributed by atoms with Gasteiger partial charge in [-0.1, -0.05) is 11.6 Å². The number of rotatable bonds is 0. The van der Waals surface area contributed by atoms with Gasteiger partial charge in [-0.05, 0) is 25.0 Å². The van der Waals surface area contributed by atoms with Crippen molar-refractivity contribution in [1.29, 1.82) is 0 Å². The maximum absolute atomic E-state index is 12.9. The SMILES string of the molecule is Cc1c(C)c(F)c(F)c(Cl)c1O. The average molecular weight is 193 g/mol. The standard InChI is InChI=1S/C8H7ClF2O/c1-3-4(2)8(12)5(9)7(11)6(3)10/h12H,1-2H3. The second kappa shape index (κ2) is 2.90. The molecule has 4 heteroatoms. The van der Waals surface area contributed by atoms with Gasteiger partial charge >= 0.3 is 0 Å². The molecule has 0 heterocycles. The first kappa shape index (κ1) is 9.26. The Bertz CT molecular complexity index is 231. The van der Waals surface area contributed by atoms with Crippen molar-refractivity contribution in [2.45, 2.75) is 13.8 Å². The smallest absolute Gasteiger partial charge is 0.181 e. The van der Waals surface area contributed by atoms with Crippen LogP contribution in [0.4, 0.5) is 8.78 Å². The lowest BCUT2D eigenvalue weighted by Gasteiger charge is -2.07. The van der Waals surface area contributed by atoms with Crippen molar-refractivity contribution in [2.75, 3.05) is 0 Å². The Morgan fingerprint density at radius 2 is 1.58 bits per heavy atom. The largest absolute Gasteiger partial charge is 0.506 e. The van der Waals surface area contributed by atoms with E-state index in [-0.39, 0.29) is 11.1 Å².